The molecule has 1 aromatic heterocycles. The van der Waals surface area contributed by atoms with Crippen LogP contribution < -0.4 is 5.73 Å². The molecule has 2 atom stereocenters. The summed E-state index contributed by atoms with van der Waals surface area (Å²) in [6.07, 6.45) is 0. The van der Waals surface area contributed by atoms with Crippen molar-refractivity contribution in [1.29, 1.82) is 0 Å². The first-order valence-corrected chi connectivity index (χ1v) is 7.53. The third-order valence-corrected chi connectivity index (χ3v) is 4.75. The average Bonchev–Trinajstić information content (AvgIpc) is 2.92. The van der Waals surface area contributed by atoms with Crippen LogP contribution in [-0.4, -0.2) is 18.5 Å². The summed E-state index contributed by atoms with van der Waals surface area (Å²) in [6, 6.07) is 13.6. The molecule has 1 heterocycles. The standard InChI is InChI=1S/C16H22N2S/c1-12-6-4-7-14(10-12)15(11-17)18(3)13(2)16-8-5-9-19-16/h4-10,13,15H,11,17H2,1-3H3. The third kappa shape index (κ3) is 3.24. The normalized spacial score (nSPS) is 14.6. The van der Waals surface area contributed by atoms with Gasteiger partial charge in [-0.15, -0.1) is 11.3 Å². The number of hydrogen-bond donors (Lipinski definition) is 1. The van der Waals surface area contributed by atoms with Crippen LogP contribution in [0.25, 0.3) is 0 Å². The van der Waals surface area contributed by atoms with E-state index in [1.165, 1.54) is 16.0 Å². The van der Waals surface area contributed by atoms with Crippen LogP contribution in [0.5, 0.6) is 0 Å². The van der Waals surface area contributed by atoms with Gasteiger partial charge in [0, 0.05) is 23.5 Å². The molecular weight excluding hydrogens is 252 g/mol. The van der Waals surface area contributed by atoms with Crippen molar-refractivity contribution in [2.75, 3.05) is 13.6 Å². The van der Waals surface area contributed by atoms with Gasteiger partial charge in [0.1, 0.15) is 0 Å². The van der Waals surface area contributed by atoms with E-state index in [9.17, 15) is 0 Å². The Bertz CT molecular complexity index is 507. The molecule has 0 radical (unpaired) electrons. The highest BCUT2D eigenvalue weighted by Crippen LogP contribution is 2.30. The van der Waals surface area contributed by atoms with Crippen molar-refractivity contribution in [3.8, 4) is 0 Å². The highest BCUT2D eigenvalue weighted by atomic mass is 32.1. The van der Waals surface area contributed by atoms with E-state index >= 15 is 0 Å². The van der Waals surface area contributed by atoms with Crippen LogP contribution in [0.2, 0.25) is 0 Å². The molecule has 0 spiro atoms. The first-order chi connectivity index (χ1) is 9.13. The summed E-state index contributed by atoms with van der Waals surface area (Å²) >= 11 is 1.80. The second-order valence-corrected chi connectivity index (χ2v) is 6.00. The molecule has 1 aromatic carbocycles. The number of rotatable bonds is 5. The van der Waals surface area contributed by atoms with Gasteiger partial charge < -0.3 is 5.73 Å². The zero-order chi connectivity index (χ0) is 13.8. The van der Waals surface area contributed by atoms with Gasteiger partial charge >= 0.3 is 0 Å². The minimum absolute atomic E-state index is 0.261. The maximum absolute atomic E-state index is 6.01. The Labute approximate surface area is 119 Å². The number of benzene rings is 1. The van der Waals surface area contributed by atoms with Gasteiger partial charge in [0.2, 0.25) is 0 Å². The van der Waals surface area contributed by atoms with Crippen molar-refractivity contribution in [1.82, 2.24) is 4.90 Å². The molecule has 2 rings (SSSR count). The molecule has 0 saturated carbocycles. The maximum atomic E-state index is 6.01. The van der Waals surface area contributed by atoms with Crippen LogP contribution in [0.1, 0.15) is 35.0 Å². The monoisotopic (exact) mass is 274 g/mol. The molecule has 0 aliphatic rings. The zero-order valence-corrected chi connectivity index (χ0v) is 12.7. The van der Waals surface area contributed by atoms with Crippen molar-refractivity contribution in [3.05, 3.63) is 57.8 Å². The van der Waals surface area contributed by atoms with Gasteiger partial charge in [0.15, 0.2) is 0 Å². The van der Waals surface area contributed by atoms with E-state index in [2.05, 4.69) is 67.6 Å². The molecule has 19 heavy (non-hydrogen) atoms. The SMILES string of the molecule is Cc1cccc(C(CN)N(C)C(C)c2cccs2)c1. The number of likely N-dealkylation sites (N-methyl/N-ethyl adjacent to an activating group) is 1. The molecule has 3 heteroatoms. The lowest BCUT2D eigenvalue weighted by molar-refractivity contribution is 0.193. The van der Waals surface area contributed by atoms with Crippen molar-refractivity contribution >= 4 is 11.3 Å². The van der Waals surface area contributed by atoms with Crippen LogP contribution in [0.4, 0.5) is 0 Å². The van der Waals surface area contributed by atoms with Crippen molar-refractivity contribution in [3.63, 3.8) is 0 Å². The van der Waals surface area contributed by atoms with Crippen molar-refractivity contribution in [2.45, 2.75) is 25.9 Å². The maximum Gasteiger partial charge on any atom is 0.0473 e. The highest BCUT2D eigenvalue weighted by molar-refractivity contribution is 7.10. The second kappa shape index (κ2) is 6.33. The number of aryl methyl sites for hydroxylation is 1. The fourth-order valence-electron chi connectivity index (χ4n) is 2.41. The summed E-state index contributed by atoms with van der Waals surface area (Å²) in [4.78, 5) is 3.74. The highest BCUT2D eigenvalue weighted by Gasteiger charge is 2.21. The minimum Gasteiger partial charge on any atom is -0.329 e. The van der Waals surface area contributed by atoms with Crippen LogP contribution in [0, 0.1) is 6.92 Å². The first-order valence-electron chi connectivity index (χ1n) is 6.65. The van der Waals surface area contributed by atoms with Gasteiger partial charge in [0.25, 0.3) is 0 Å². The zero-order valence-electron chi connectivity index (χ0n) is 11.8. The third-order valence-electron chi connectivity index (χ3n) is 3.71. The summed E-state index contributed by atoms with van der Waals surface area (Å²) in [5.74, 6) is 0. The fourth-order valence-corrected chi connectivity index (χ4v) is 3.25. The largest absolute Gasteiger partial charge is 0.329 e. The Balaban J connectivity index is 2.22. The Morgan fingerprint density at radius 2 is 2.05 bits per heavy atom. The molecule has 0 saturated heterocycles. The molecule has 0 bridgehead atoms. The van der Waals surface area contributed by atoms with Crippen molar-refractivity contribution < 1.29 is 0 Å². The van der Waals surface area contributed by atoms with E-state index in [1.807, 2.05) is 0 Å². The number of hydrogen-bond acceptors (Lipinski definition) is 3. The summed E-state index contributed by atoms with van der Waals surface area (Å²) in [5.41, 5.74) is 8.59. The van der Waals surface area contributed by atoms with Gasteiger partial charge in [-0.3, -0.25) is 4.90 Å². The number of nitrogens with zero attached hydrogens (tertiary/aromatic N) is 1. The molecule has 2 N–H and O–H groups in total. The van der Waals surface area contributed by atoms with Gasteiger partial charge in [-0.05, 0) is 37.9 Å². The summed E-state index contributed by atoms with van der Waals surface area (Å²) in [6.45, 7) is 5.00. The summed E-state index contributed by atoms with van der Waals surface area (Å²) in [7, 11) is 2.16. The number of thiophene rings is 1. The lowest BCUT2D eigenvalue weighted by Crippen LogP contribution is -2.32. The molecule has 102 valence electrons. The smallest absolute Gasteiger partial charge is 0.0473 e. The predicted molar refractivity (Wildman–Crippen MR) is 83.5 cm³/mol. The molecule has 0 amide bonds. The van der Waals surface area contributed by atoms with E-state index in [1.54, 1.807) is 11.3 Å². The number of nitrogens with two attached hydrogens (primary N) is 1. The van der Waals surface area contributed by atoms with Crippen LogP contribution in [-0.2, 0) is 0 Å². The average molecular weight is 274 g/mol. The van der Waals surface area contributed by atoms with Crippen LogP contribution in [0.15, 0.2) is 41.8 Å². The Morgan fingerprint density at radius 3 is 2.63 bits per heavy atom. The van der Waals surface area contributed by atoms with Gasteiger partial charge in [0.05, 0.1) is 0 Å². The lowest BCUT2D eigenvalue weighted by atomic mass is 10.0. The Morgan fingerprint density at radius 1 is 1.26 bits per heavy atom. The summed E-state index contributed by atoms with van der Waals surface area (Å²) in [5, 5.41) is 2.13. The first kappa shape index (κ1) is 14.3. The van der Waals surface area contributed by atoms with Crippen molar-refractivity contribution in [2.24, 2.45) is 5.73 Å². The molecule has 0 aliphatic heterocycles. The molecule has 0 fully saturated rings. The molecular formula is C16H22N2S. The van der Waals surface area contributed by atoms with Gasteiger partial charge in [-0.1, -0.05) is 35.9 Å². The van der Waals surface area contributed by atoms with Gasteiger partial charge in [-0.25, -0.2) is 0 Å². The Kier molecular flexibility index (Phi) is 4.75. The van der Waals surface area contributed by atoms with Crippen LogP contribution >= 0.6 is 11.3 Å². The summed E-state index contributed by atoms with van der Waals surface area (Å²) < 4.78 is 0. The predicted octanol–water partition coefficient (Wildman–Crippen LogP) is 3.75. The van der Waals surface area contributed by atoms with Gasteiger partial charge in [-0.2, -0.15) is 0 Å². The van der Waals surface area contributed by atoms with E-state index in [-0.39, 0.29) is 6.04 Å². The fraction of sp³-hybridized carbons (Fsp3) is 0.375. The quantitative estimate of drug-likeness (QED) is 0.899. The van der Waals surface area contributed by atoms with E-state index in [0.29, 0.717) is 12.6 Å². The van der Waals surface area contributed by atoms with Crippen LogP contribution in [0.3, 0.4) is 0 Å². The molecule has 0 aliphatic carbocycles. The topological polar surface area (TPSA) is 29.3 Å². The lowest BCUT2D eigenvalue weighted by Gasteiger charge is -2.32. The van der Waals surface area contributed by atoms with E-state index in [0.717, 1.165) is 0 Å². The van der Waals surface area contributed by atoms with E-state index < -0.39 is 0 Å². The minimum atomic E-state index is 0.261. The molecule has 2 aromatic rings. The second-order valence-electron chi connectivity index (χ2n) is 5.02. The Hall–Kier alpha value is -1.16. The van der Waals surface area contributed by atoms with E-state index in [4.69, 9.17) is 5.73 Å². The molecule has 2 unspecified atom stereocenters. The molecule has 2 nitrogen and oxygen atoms in total.